The summed E-state index contributed by atoms with van der Waals surface area (Å²) in [4.78, 5) is 29.9. The number of para-hydroxylation sites is 1. The highest BCUT2D eigenvalue weighted by Crippen LogP contribution is 2.25. The number of piperidine rings is 1. The highest BCUT2D eigenvalue weighted by Gasteiger charge is 2.24. The Morgan fingerprint density at radius 3 is 2.82 bits per heavy atom. The summed E-state index contributed by atoms with van der Waals surface area (Å²) >= 11 is 0. The van der Waals surface area contributed by atoms with E-state index in [2.05, 4.69) is 38.7 Å². The first-order chi connectivity index (χ1) is 16.0. The quantitative estimate of drug-likeness (QED) is 0.453. The minimum atomic E-state index is -0.205. The van der Waals surface area contributed by atoms with E-state index in [1.807, 2.05) is 35.8 Å². The van der Waals surface area contributed by atoms with Crippen LogP contribution in [0.15, 0.2) is 35.3 Å². The predicted octanol–water partition coefficient (Wildman–Crippen LogP) is 3.15. The zero-order chi connectivity index (χ0) is 22.9. The van der Waals surface area contributed by atoms with Gasteiger partial charge < -0.3 is 4.90 Å². The smallest absolute Gasteiger partial charge is 0.293 e. The molecule has 0 aliphatic carbocycles. The molecule has 0 N–H and O–H groups in total. The van der Waals surface area contributed by atoms with Crippen molar-refractivity contribution in [2.75, 3.05) is 18.0 Å². The van der Waals surface area contributed by atoms with Gasteiger partial charge in [-0.1, -0.05) is 31.0 Å². The lowest BCUT2D eigenvalue weighted by molar-refractivity contribution is 0.439. The van der Waals surface area contributed by atoms with E-state index in [4.69, 9.17) is 4.98 Å². The van der Waals surface area contributed by atoms with Crippen LogP contribution in [0.25, 0.3) is 21.9 Å². The highest BCUT2D eigenvalue weighted by molar-refractivity contribution is 5.80. The van der Waals surface area contributed by atoms with Gasteiger partial charge in [-0.05, 0) is 38.7 Å². The van der Waals surface area contributed by atoms with Gasteiger partial charge in [0.2, 0.25) is 5.95 Å². The zero-order valence-corrected chi connectivity index (χ0v) is 19.2. The number of hydrogen-bond donors (Lipinski definition) is 0. The fraction of sp³-hybridized carbons (Fsp3) is 0.400. The molecule has 4 heterocycles. The molecule has 1 aromatic carbocycles. The van der Waals surface area contributed by atoms with Gasteiger partial charge in [0.1, 0.15) is 17.6 Å². The molecular formula is C25H27N7O. The molecule has 0 spiro atoms. The van der Waals surface area contributed by atoms with Crippen LogP contribution in [-0.2, 0) is 13.1 Å². The first-order valence-corrected chi connectivity index (χ1v) is 11.4. The number of imidazole rings is 1. The molecule has 1 saturated heterocycles. The van der Waals surface area contributed by atoms with Gasteiger partial charge in [0.05, 0.1) is 18.3 Å². The van der Waals surface area contributed by atoms with Crippen molar-refractivity contribution in [2.24, 2.45) is 5.92 Å². The molecule has 168 valence electrons. The number of nitrogens with zero attached hydrogens (tertiary/aromatic N) is 7. The zero-order valence-electron chi connectivity index (χ0n) is 19.2. The number of rotatable bonds is 4. The first-order valence-electron chi connectivity index (χ1n) is 11.4. The SMILES string of the molecule is CC#CCn1c(N2CCC[C@@H](C)C2)nc2cnn(Cc3nc(C)c4ccccc4n3)c(=O)c21. The number of aromatic nitrogens is 6. The second-order valence-corrected chi connectivity index (χ2v) is 8.70. The van der Waals surface area contributed by atoms with Crippen molar-refractivity contribution in [3.05, 3.63) is 52.3 Å². The normalized spacial score (nSPS) is 16.2. The van der Waals surface area contributed by atoms with Crippen molar-refractivity contribution >= 4 is 27.9 Å². The van der Waals surface area contributed by atoms with Crippen molar-refractivity contribution in [3.63, 3.8) is 0 Å². The van der Waals surface area contributed by atoms with Crippen LogP contribution in [0.4, 0.5) is 5.95 Å². The van der Waals surface area contributed by atoms with Gasteiger partial charge >= 0.3 is 0 Å². The molecule has 0 amide bonds. The summed E-state index contributed by atoms with van der Waals surface area (Å²) in [6.45, 7) is 8.48. The van der Waals surface area contributed by atoms with E-state index >= 15 is 0 Å². The third kappa shape index (κ3) is 3.95. The molecule has 5 rings (SSSR count). The van der Waals surface area contributed by atoms with E-state index in [0.29, 0.717) is 29.3 Å². The molecule has 0 bridgehead atoms. The number of benzene rings is 1. The lowest BCUT2D eigenvalue weighted by atomic mass is 10.0. The maximum Gasteiger partial charge on any atom is 0.293 e. The Labute approximate surface area is 192 Å². The molecule has 0 unspecified atom stereocenters. The third-order valence-electron chi connectivity index (χ3n) is 6.22. The minimum Gasteiger partial charge on any atom is -0.342 e. The average molecular weight is 442 g/mol. The van der Waals surface area contributed by atoms with Gasteiger partial charge in [-0.3, -0.25) is 9.36 Å². The van der Waals surface area contributed by atoms with Gasteiger partial charge in [0.15, 0.2) is 5.82 Å². The summed E-state index contributed by atoms with van der Waals surface area (Å²) in [7, 11) is 0. The Morgan fingerprint density at radius 1 is 1.15 bits per heavy atom. The van der Waals surface area contributed by atoms with Crippen LogP contribution in [0.3, 0.4) is 0 Å². The van der Waals surface area contributed by atoms with E-state index in [1.165, 1.54) is 11.1 Å². The van der Waals surface area contributed by atoms with Crippen LogP contribution >= 0.6 is 0 Å². The Morgan fingerprint density at radius 2 is 2.00 bits per heavy atom. The average Bonchev–Trinajstić information content (AvgIpc) is 3.19. The second-order valence-electron chi connectivity index (χ2n) is 8.70. The van der Waals surface area contributed by atoms with E-state index in [9.17, 15) is 4.79 Å². The van der Waals surface area contributed by atoms with Gasteiger partial charge in [-0.2, -0.15) is 5.10 Å². The first kappa shape index (κ1) is 21.1. The monoisotopic (exact) mass is 441 g/mol. The van der Waals surface area contributed by atoms with Crippen LogP contribution in [0.2, 0.25) is 0 Å². The van der Waals surface area contributed by atoms with Crippen LogP contribution in [0.5, 0.6) is 0 Å². The lowest BCUT2D eigenvalue weighted by Gasteiger charge is -2.31. The van der Waals surface area contributed by atoms with E-state index in [1.54, 1.807) is 13.1 Å². The Balaban J connectivity index is 1.59. The third-order valence-corrected chi connectivity index (χ3v) is 6.22. The maximum absolute atomic E-state index is 13.5. The highest BCUT2D eigenvalue weighted by atomic mass is 16.1. The van der Waals surface area contributed by atoms with Crippen molar-refractivity contribution in [2.45, 2.75) is 46.7 Å². The molecule has 1 fully saturated rings. The van der Waals surface area contributed by atoms with Crippen molar-refractivity contribution < 1.29 is 0 Å². The summed E-state index contributed by atoms with van der Waals surface area (Å²) in [6.07, 6.45) is 3.99. The fourth-order valence-electron chi connectivity index (χ4n) is 4.61. The largest absolute Gasteiger partial charge is 0.342 e. The van der Waals surface area contributed by atoms with Crippen LogP contribution in [-0.4, -0.2) is 42.4 Å². The molecule has 1 aliphatic rings. The fourth-order valence-corrected chi connectivity index (χ4v) is 4.61. The molecule has 4 aromatic rings. The van der Waals surface area contributed by atoms with E-state index < -0.39 is 0 Å². The Kier molecular flexibility index (Phi) is 5.55. The molecule has 1 atom stereocenters. The van der Waals surface area contributed by atoms with Gasteiger partial charge in [0, 0.05) is 24.2 Å². The standard InChI is InChI=1S/C25H27N7O/c1-4-5-13-31-23-21(29-25(31)30-12-8-9-17(2)15-30)14-26-32(24(23)33)16-22-27-18(3)19-10-6-7-11-20(19)28-22/h6-7,10-11,14,17H,8-9,12-13,15-16H2,1-3H3/t17-/m1/s1. The van der Waals surface area contributed by atoms with Crippen molar-refractivity contribution in [1.82, 2.24) is 29.3 Å². The topological polar surface area (TPSA) is 81.7 Å². The number of anilines is 1. The Bertz CT molecular complexity index is 1460. The number of fused-ring (bicyclic) bond motifs is 2. The molecule has 3 aromatic heterocycles. The predicted molar refractivity (Wildman–Crippen MR) is 129 cm³/mol. The summed E-state index contributed by atoms with van der Waals surface area (Å²) in [5.74, 6) is 8.01. The summed E-state index contributed by atoms with van der Waals surface area (Å²) in [5.41, 5.74) is 2.66. The van der Waals surface area contributed by atoms with E-state index in [-0.39, 0.29) is 12.1 Å². The summed E-state index contributed by atoms with van der Waals surface area (Å²) in [6, 6.07) is 7.88. The van der Waals surface area contributed by atoms with Gasteiger partial charge in [0.25, 0.3) is 5.56 Å². The molecule has 8 nitrogen and oxygen atoms in total. The Hall–Kier alpha value is -3.73. The summed E-state index contributed by atoms with van der Waals surface area (Å²) in [5, 5.41) is 5.41. The van der Waals surface area contributed by atoms with Crippen LogP contribution < -0.4 is 10.5 Å². The van der Waals surface area contributed by atoms with Crippen molar-refractivity contribution in [1.29, 1.82) is 0 Å². The molecular weight excluding hydrogens is 414 g/mol. The van der Waals surface area contributed by atoms with E-state index in [0.717, 1.165) is 42.1 Å². The molecule has 0 radical (unpaired) electrons. The lowest BCUT2D eigenvalue weighted by Crippen LogP contribution is -2.36. The molecule has 1 aliphatic heterocycles. The van der Waals surface area contributed by atoms with Gasteiger partial charge in [-0.15, -0.1) is 5.92 Å². The van der Waals surface area contributed by atoms with Crippen LogP contribution in [0, 0.1) is 24.7 Å². The van der Waals surface area contributed by atoms with Crippen LogP contribution in [0.1, 0.15) is 38.2 Å². The summed E-state index contributed by atoms with van der Waals surface area (Å²) < 4.78 is 3.36. The second kappa shape index (κ2) is 8.66. The number of hydrogen-bond acceptors (Lipinski definition) is 6. The maximum atomic E-state index is 13.5. The molecule has 33 heavy (non-hydrogen) atoms. The van der Waals surface area contributed by atoms with Gasteiger partial charge in [-0.25, -0.2) is 19.6 Å². The number of aryl methyl sites for hydroxylation is 1. The van der Waals surface area contributed by atoms with Crippen molar-refractivity contribution in [3.8, 4) is 11.8 Å². The molecule has 0 saturated carbocycles. The minimum absolute atomic E-state index is 0.196. The molecule has 8 heteroatoms.